The Labute approximate surface area is 129 Å². The summed E-state index contributed by atoms with van der Waals surface area (Å²) in [6.45, 7) is 0.543. The fourth-order valence-corrected chi connectivity index (χ4v) is 5.85. The molecule has 1 atom stereocenters. The van der Waals surface area contributed by atoms with Crippen molar-refractivity contribution in [3.63, 3.8) is 0 Å². The summed E-state index contributed by atoms with van der Waals surface area (Å²) in [6.07, 6.45) is 5.89. The van der Waals surface area contributed by atoms with E-state index < -0.39 is 9.84 Å². The molecule has 21 heavy (non-hydrogen) atoms. The largest absolute Gasteiger partial charge is 0.355 e. The standard InChI is InChI=1S/C14H20N2O3S2/c17-14(10-6-8-21(18,19)9-10)15-7-5-13-16-11-3-1-2-4-12(11)20-13/h10H,1-9H2,(H,15,17)/t10-/m1/s1. The first-order chi connectivity index (χ1) is 10.0. The van der Waals surface area contributed by atoms with Crippen LogP contribution in [-0.2, 0) is 33.9 Å². The number of carbonyl (C=O) groups excluding carboxylic acids is 1. The fourth-order valence-electron chi connectivity index (χ4n) is 2.95. The van der Waals surface area contributed by atoms with Gasteiger partial charge in [-0.2, -0.15) is 0 Å². The van der Waals surface area contributed by atoms with Crippen LogP contribution in [0.2, 0.25) is 0 Å². The van der Waals surface area contributed by atoms with Crippen molar-refractivity contribution in [2.24, 2.45) is 5.92 Å². The zero-order chi connectivity index (χ0) is 14.9. The van der Waals surface area contributed by atoms with Crippen LogP contribution in [0.5, 0.6) is 0 Å². The maximum absolute atomic E-state index is 11.9. The van der Waals surface area contributed by atoms with Crippen LogP contribution in [0.25, 0.3) is 0 Å². The topological polar surface area (TPSA) is 76.1 Å². The van der Waals surface area contributed by atoms with E-state index in [1.165, 1.54) is 23.4 Å². The lowest BCUT2D eigenvalue weighted by molar-refractivity contribution is -0.124. The number of aromatic nitrogens is 1. The highest BCUT2D eigenvalue weighted by Crippen LogP contribution is 2.26. The van der Waals surface area contributed by atoms with Gasteiger partial charge in [-0.15, -0.1) is 11.3 Å². The van der Waals surface area contributed by atoms with Crippen molar-refractivity contribution in [2.45, 2.75) is 38.5 Å². The highest BCUT2D eigenvalue weighted by Gasteiger charge is 2.32. The van der Waals surface area contributed by atoms with E-state index in [1.54, 1.807) is 11.3 Å². The molecule has 1 aromatic heterocycles. The molecule has 3 rings (SSSR count). The first-order valence-corrected chi connectivity index (χ1v) is 10.1. The van der Waals surface area contributed by atoms with Crippen molar-refractivity contribution in [3.8, 4) is 0 Å². The van der Waals surface area contributed by atoms with Gasteiger partial charge in [0.25, 0.3) is 0 Å². The zero-order valence-corrected chi connectivity index (χ0v) is 13.6. The maximum atomic E-state index is 11.9. The zero-order valence-electron chi connectivity index (χ0n) is 11.9. The second kappa shape index (κ2) is 6.04. The van der Waals surface area contributed by atoms with Crippen LogP contribution in [0.15, 0.2) is 0 Å². The Morgan fingerprint density at radius 3 is 2.86 bits per heavy atom. The van der Waals surface area contributed by atoms with Crippen molar-refractivity contribution in [3.05, 3.63) is 15.6 Å². The Kier molecular flexibility index (Phi) is 4.31. The molecule has 1 amide bonds. The molecular formula is C14H20N2O3S2. The minimum atomic E-state index is -2.99. The van der Waals surface area contributed by atoms with E-state index in [0.29, 0.717) is 13.0 Å². The lowest BCUT2D eigenvalue weighted by Gasteiger charge is -2.08. The number of hydrogen-bond acceptors (Lipinski definition) is 5. The Morgan fingerprint density at radius 1 is 1.33 bits per heavy atom. The SMILES string of the molecule is O=C(NCCc1nc2c(s1)CCCC2)[C@@H]1CCS(=O)(=O)C1. The minimum absolute atomic E-state index is 0.00435. The summed E-state index contributed by atoms with van der Waals surface area (Å²) >= 11 is 1.76. The number of amides is 1. The number of rotatable bonds is 4. The second-order valence-electron chi connectivity index (χ2n) is 5.83. The summed E-state index contributed by atoms with van der Waals surface area (Å²) in [4.78, 5) is 18.0. The fraction of sp³-hybridized carbons (Fsp3) is 0.714. The molecule has 2 heterocycles. The van der Waals surface area contributed by atoms with Crippen LogP contribution in [0.1, 0.15) is 34.8 Å². The van der Waals surface area contributed by atoms with E-state index in [0.717, 1.165) is 24.3 Å². The number of thiazole rings is 1. The van der Waals surface area contributed by atoms with E-state index in [2.05, 4.69) is 10.3 Å². The highest BCUT2D eigenvalue weighted by molar-refractivity contribution is 7.91. The van der Waals surface area contributed by atoms with Crippen molar-refractivity contribution >= 4 is 27.1 Å². The first-order valence-electron chi connectivity index (χ1n) is 7.49. The third-order valence-electron chi connectivity index (χ3n) is 4.13. The molecular weight excluding hydrogens is 308 g/mol. The van der Waals surface area contributed by atoms with Gasteiger partial charge >= 0.3 is 0 Å². The summed E-state index contributed by atoms with van der Waals surface area (Å²) in [7, 11) is -2.99. The number of hydrogen-bond donors (Lipinski definition) is 1. The second-order valence-corrected chi connectivity index (χ2v) is 9.22. The van der Waals surface area contributed by atoms with Crippen molar-refractivity contribution < 1.29 is 13.2 Å². The van der Waals surface area contributed by atoms with Gasteiger partial charge in [-0.05, 0) is 32.1 Å². The summed E-state index contributed by atoms with van der Waals surface area (Å²) in [5.41, 5.74) is 1.24. The molecule has 1 aliphatic carbocycles. The Bertz CT molecular complexity index is 613. The lowest BCUT2D eigenvalue weighted by Crippen LogP contribution is -2.32. The van der Waals surface area contributed by atoms with Crippen LogP contribution in [0.4, 0.5) is 0 Å². The van der Waals surface area contributed by atoms with E-state index in [1.807, 2.05) is 0 Å². The average molecular weight is 328 g/mol. The van der Waals surface area contributed by atoms with E-state index >= 15 is 0 Å². The summed E-state index contributed by atoms with van der Waals surface area (Å²) < 4.78 is 22.7. The predicted octanol–water partition coefficient (Wildman–Crippen LogP) is 1.12. The normalized spacial score (nSPS) is 23.7. The number of sulfone groups is 1. The molecule has 0 bridgehead atoms. The van der Waals surface area contributed by atoms with Gasteiger partial charge in [0, 0.05) is 17.8 Å². The molecule has 0 saturated carbocycles. The van der Waals surface area contributed by atoms with Crippen LogP contribution >= 0.6 is 11.3 Å². The predicted molar refractivity (Wildman–Crippen MR) is 82.2 cm³/mol. The van der Waals surface area contributed by atoms with Gasteiger partial charge in [0.15, 0.2) is 9.84 Å². The van der Waals surface area contributed by atoms with Crippen molar-refractivity contribution in [1.82, 2.24) is 10.3 Å². The monoisotopic (exact) mass is 328 g/mol. The Morgan fingerprint density at radius 2 is 2.14 bits per heavy atom. The maximum Gasteiger partial charge on any atom is 0.224 e. The molecule has 1 N–H and O–H groups in total. The molecule has 1 fully saturated rings. The minimum Gasteiger partial charge on any atom is -0.355 e. The Hall–Kier alpha value is -0.950. The van der Waals surface area contributed by atoms with Crippen molar-refractivity contribution in [2.75, 3.05) is 18.1 Å². The quantitative estimate of drug-likeness (QED) is 0.898. The molecule has 2 aliphatic rings. The van der Waals surface area contributed by atoms with E-state index in [4.69, 9.17) is 0 Å². The smallest absolute Gasteiger partial charge is 0.224 e. The average Bonchev–Trinajstić information content (AvgIpc) is 3.01. The van der Waals surface area contributed by atoms with Crippen LogP contribution < -0.4 is 5.32 Å². The number of nitrogens with one attached hydrogen (secondary N) is 1. The van der Waals surface area contributed by atoms with Crippen LogP contribution in [-0.4, -0.2) is 37.4 Å². The number of aryl methyl sites for hydroxylation is 2. The molecule has 0 unspecified atom stereocenters. The molecule has 116 valence electrons. The van der Waals surface area contributed by atoms with Gasteiger partial charge in [0.05, 0.1) is 28.1 Å². The lowest BCUT2D eigenvalue weighted by atomic mass is 10.0. The van der Waals surface area contributed by atoms with Gasteiger partial charge in [-0.25, -0.2) is 13.4 Å². The Balaban J connectivity index is 1.48. The van der Waals surface area contributed by atoms with E-state index in [-0.39, 0.29) is 23.3 Å². The molecule has 1 aromatic rings. The number of nitrogens with zero attached hydrogens (tertiary/aromatic N) is 1. The highest BCUT2D eigenvalue weighted by atomic mass is 32.2. The number of carbonyl (C=O) groups is 1. The third kappa shape index (κ3) is 3.63. The van der Waals surface area contributed by atoms with Crippen molar-refractivity contribution in [1.29, 1.82) is 0 Å². The summed E-state index contributed by atoms with van der Waals surface area (Å²) in [6, 6.07) is 0. The summed E-state index contributed by atoms with van der Waals surface area (Å²) in [5, 5.41) is 3.94. The van der Waals surface area contributed by atoms with Crippen LogP contribution in [0, 0.1) is 5.92 Å². The molecule has 1 aliphatic heterocycles. The summed E-state index contributed by atoms with van der Waals surface area (Å²) in [5.74, 6) is -0.341. The first kappa shape index (κ1) is 15.0. The van der Waals surface area contributed by atoms with Gasteiger partial charge in [0.2, 0.25) is 5.91 Å². The van der Waals surface area contributed by atoms with Gasteiger partial charge < -0.3 is 5.32 Å². The molecule has 0 radical (unpaired) electrons. The van der Waals surface area contributed by atoms with Gasteiger partial charge in [-0.1, -0.05) is 0 Å². The molecule has 1 saturated heterocycles. The van der Waals surface area contributed by atoms with E-state index in [9.17, 15) is 13.2 Å². The van der Waals surface area contributed by atoms with Gasteiger partial charge in [-0.3, -0.25) is 4.79 Å². The molecule has 0 spiro atoms. The van der Waals surface area contributed by atoms with Crippen LogP contribution in [0.3, 0.4) is 0 Å². The third-order valence-corrected chi connectivity index (χ3v) is 7.12. The molecule has 5 nitrogen and oxygen atoms in total. The molecule has 7 heteroatoms. The van der Waals surface area contributed by atoms with Gasteiger partial charge in [0.1, 0.15) is 0 Å². The number of fused-ring (bicyclic) bond motifs is 1. The molecule has 0 aromatic carbocycles.